The fourth-order valence-electron chi connectivity index (χ4n) is 2.96. The van der Waals surface area contributed by atoms with E-state index >= 15 is 0 Å². The molecule has 0 saturated carbocycles. The molecular weight excluding hydrogens is 330 g/mol. The van der Waals surface area contributed by atoms with E-state index in [2.05, 4.69) is 0 Å². The van der Waals surface area contributed by atoms with E-state index in [4.69, 9.17) is 16.3 Å². The van der Waals surface area contributed by atoms with Crippen molar-refractivity contribution < 1.29 is 14.3 Å². The summed E-state index contributed by atoms with van der Waals surface area (Å²) in [4.78, 5) is 27.9. The molecule has 2 aromatic rings. The fourth-order valence-corrected chi connectivity index (χ4v) is 3.13. The largest absolute Gasteiger partial charge is 0.375 e. The van der Waals surface area contributed by atoms with Crippen LogP contribution in [0, 0.1) is 0 Å². The minimum atomic E-state index is -0.0318. The molecule has 7 heteroatoms. The quantitative estimate of drug-likeness (QED) is 0.842. The van der Waals surface area contributed by atoms with Gasteiger partial charge in [0.05, 0.1) is 0 Å². The summed E-state index contributed by atoms with van der Waals surface area (Å²) in [7, 11) is 1.51. The molecule has 1 aromatic carbocycles. The number of benzene rings is 1. The number of halogens is 1. The summed E-state index contributed by atoms with van der Waals surface area (Å²) in [5.41, 5.74) is 0.949. The number of methoxy groups -OCH3 is 1. The number of hydrogen-bond donors (Lipinski definition) is 0. The first-order valence-electron chi connectivity index (χ1n) is 7.87. The lowest BCUT2D eigenvalue weighted by molar-refractivity contribution is -0.142. The van der Waals surface area contributed by atoms with Gasteiger partial charge in [0.25, 0.3) is 0 Å². The van der Waals surface area contributed by atoms with E-state index in [0.29, 0.717) is 31.2 Å². The molecule has 1 saturated heterocycles. The van der Waals surface area contributed by atoms with Crippen LogP contribution in [-0.4, -0.2) is 66.1 Å². The third kappa shape index (κ3) is 3.55. The Hall–Kier alpha value is -2.05. The molecule has 1 aromatic heterocycles. The first-order valence-corrected chi connectivity index (χ1v) is 8.25. The SMILES string of the molecule is COCC(=O)N1CCN(C(=O)Cn2ccc3ccc(Cl)cc32)CC1. The molecular formula is C17H20ClN3O3. The van der Waals surface area contributed by atoms with Crippen molar-refractivity contribution in [3.8, 4) is 0 Å². The highest BCUT2D eigenvalue weighted by molar-refractivity contribution is 6.31. The smallest absolute Gasteiger partial charge is 0.248 e. The van der Waals surface area contributed by atoms with Crippen molar-refractivity contribution in [2.75, 3.05) is 39.9 Å². The van der Waals surface area contributed by atoms with Crippen molar-refractivity contribution in [1.82, 2.24) is 14.4 Å². The normalized spacial score (nSPS) is 15.1. The van der Waals surface area contributed by atoms with E-state index in [9.17, 15) is 9.59 Å². The zero-order chi connectivity index (χ0) is 17.1. The van der Waals surface area contributed by atoms with Gasteiger partial charge in [0.1, 0.15) is 13.2 Å². The number of carbonyl (C=O) groups is 2. The van der Waals surface area contributed by atoms with Gasteiger partial charge in [-0.1, -0.05) is 17.7 Å². The van der Waals surface area contributed by atoms with Crippen LogP contribution < -0.4 is 0 Å². The molecule has 24 heavy (non-hydrogen) atoms. The number of amides is 2. The van der Waals surface area contributed by atoms with Crippen LogP contribution in [0.1, 0.15) is 0 Å². The Balaban J connectivity index is 1.61. The van der Waals surface area contributed by atoms with Crippen LogP contribution in [0.4, 0.5) is 0 Å². The number of aromatic nitrogens is 1. The highest BCUT2D eigenvalue weighted by Crippen LogP contribution is 2.20. The fraction of sp³-hybridized carbons (Fsp3) is 0.412. The predicted octanol–water partition coefficient (Wildman–Crippen LogP) is 1.61. The van der Waals surface area contributed by atoms with E-state index in [1.807, 2.05) is 35.0 Å². The Kier molecular flexibility index (Phi) is 5.06. The van der Waals surface area contributed by atoms with Crippen LogP contribution in [-0.2, 0) is 20.9 Å². The van der Waals surface area contributed by atoms with Gasteiger partial charge in [-0.15, -0.1) is 0 Å². The van der Waals surface area contributed by atoms with Crippen LogP contribution in [0.15, 0.2) is 30.5 Å². The minimum absolute atomic E-state index is 0.0318. The summed E-state index contributed by atoms with van der Waals surface area (Å²) in [6, 6.07) is 7.62. The number of ether oxygens (including phenoxy) is 1. The highest BCUT2D eigenvalue weighted by atomic mass is 35.5. The molecule has 1 aliphatic rings. The van der Waals surface area contributed by atoms with E-state index in [0.717, 1.165) is 10.9 Å². The molecule has 0 radical (unpaired) electrons. The van der Waals surface area contributed by atoms with Gasteiger partial charge in [0.2, 0.25) is 11.8 Å². The Morgan fingerprint density at radius 1 is 1.08 bits per heavy atom. The average Bonchev–Trinajstić information content (AvgIpc) is 2.97. The maximum atomic E-state index is 12.5. The van der Waals surface area contributed by atoms with Crippen LogP contribution in [0.2, 0.25) is 5.02 Å². The van der Waals surface area contributed by atoms with Gasteiger partial charge in [0, 0.05) is 50.0 Å². The topological polar surface area (TPSA) is 54.8 Å². The summed E-state index contributed by atoms with van der Waals surface area (Å²) in [6.07, 6.45) is 1.90. The third-order valence-corrected chi connectivity index (χ3v) is 4.53. The van der Waals surface area contributed by atoms with E-state index in [1.54, 1.807) is 9.80 Å². The maximum Gasteiger partial charge on any atom is 0.248 e. The summed E-state index contributed by atoms with van der Waals surface area (Å²) >= 11 is 6.05. The van der Waals surface area contributed by atoms with Gasteiger partial charge < -0.3 is 19.1 Å². The zero-order valence-electron chi connectivity index (χ0n) is 13.6. The van der Waals surface area contributed by atoms with Gasteiger partial charge in [-0.25, -0.2) is 0 Å². The summed E-state index contributed by atoms with van der Waals surface area (Å²) in [5, 5.41) is 1.71. The summed E-state index contributed by atoms with van der Waals surface area (Å²) in [5.74, 6) is 0.0157. The Labute approximate surface area is 145 Å². The van der Waals surface area contributed by atoms with Gasteiger partial charge in [-0.05, 0) is 23.6 Å². The molecule has 2 heterocycles. The Morgan fingerprint density at radius 2 is 1.75 bits per heavy atom. The van der Waals surface area contributed by atoms with E-state index in [1.165, 1.54) is 7.11 Å². The van der Waals surface area contributed by atoms with Crippen molar-refractivity contribution in [3.05, 3.63) is 35.5 Å². The molecule has 1 aliphatic heterocycles. The average molecular weight is 350 g/mol. The van der Waals surface area contributed by atoms with Gasteiger partial charge in [-0.3, -0.25) is 9.59 Å². The lowest BCUT2D eigenvalue weighted by Gasteiger charge is -2.34. The number of fused-ring (bicyclic) bond motifs is 1. The first-order chi connectivity index (χ1) is 11.6. The number of hydrogen-bond acceptors (Lipinski definition) is 3. The maximum absolute atomic E-state index is 12.5. The molecule has 0 spiro atoms. The highest BCUT2D eigenvalue weighted by Gasteiger charge is 2.24. The molecule has 0 bridgehead atoms. The van der Waals surface area contributed by atoms with Crippen molar-refractivity contribution >= 4 is 34.3 Å². The van der Waals surface area contributed by atoms with E-state index in [-0.39, 0.29) is 25.0 Å². The monoisotopic (exact) mass is 349 g/mol. The molecule has 1 fully saturated rings. The lowest BCUT2D eigenvalue weighted by atomic mass is 10.2. The van der Waals surface area contributed by atoms with Crippen LogP contribution in [0.25, 0.3) is 10.9 Å². The molecule has 2 amide bonds. The minimum Gasteiger partial charge on any atom is -0.375 e. The number of nitrogens with zero attached hydrogens (tertiary/aromatic N) is 3. The second-order valence-corrected chi connectivity index (χ2v) is 6.28. The Bertz CT molecular complexity index is 751. The zero-order valence-corrected chi connectivity index (χ0v) is 14.3. The second kappa shape index (κ2) is 7.23. The molecule has 3 rings (SSSR count). The van der Waals surface area contributed by atoms with Gasteiger partial charge in [0.15, 0.2) is 0 Å². The molecule has 6 nitrogen and oxygen atoms in total. The number of carbonyl (C=O) groups excluding carboxylic acids is 2. The van der Waals surface area contributed by atoms with Crippen LogP contribution in [0.3, 0.4) is 0 Å². The third-order valence-electron chi connectivity index (χ3n) is 4.29. The van der Waals surface area contributed by atoms with Gasteiger partial charge >= 0.3 is 0 Å². The van der Waals surface area contributed by atoms with Crippen LogP contribution in [0.5, 0.6) is 0 Å². The number of rotatable bonds is 4. The van der Waals surface area contributed by atoms with Crippen LogP contribution >= 0.6 is 11.6 Å². The Morgan fingerprint density at radius 3 is 2.42 bits per heavy atom. The molecule has 0 atom stereocenters. The predicted molar refractivity (Wildman–Crippen MR) is 92.0 cm³/mol. The van der Waals surface area contributed by atoms with Crippen molar-refractivity contribution in [1.29, 1.82) is 0 Å². The van der Waals surface area contributed by atoms with Gasteiger partial charge in [-0.2, -0.15) is 0 Å². The molecule has 0 unspecified atom stereocenters. The number of piperazine rings is 1. The van der Waals surface area contributed by atoms with E-state index < -0.39 is 0 Å². The van der Waals surface area contributed by atoms with Crippen molar-refractivity contribution in [2.24, 2.45) is 0 Å². The first kappa shape index (κ1) is 16.8. The van der Waals surface area contributed by atoms with Crippen molar-refractivity contribution in [3.63, 3.8) is 0 Å². The summed E-state index contributed by atoms with van der Waals surface area (Å²) < 4.78 is 6.77. The summed E-state index contributed by atoms with van der Waals surface area (Å²) in [6.45, 7) is 2.56. The van der Waals surface area contributed by atoms with Crippen molar-refractivity contribution in [2.45, 2.75) is 6.54 Å². The second-order valence-electron chi connectivity index (χ2n) is 5.84. The molecule has 0 N–H and O–H groups in total. The lowest BCUT2D eigenvalue weighted by Crippen LogP contribution is -2.52. The molecule has 0 aliphatic carbocycles. The molecule has 128 valence electrons. The standard InChI is InChI=1S/C17H20ClN3O3/c1-24-12-17(23)20-8-6-19(7-9-20)16(22)11-21-5-4-13-2-3-14(18)10-15(13)21/h2-5,10H,6-9,11-12H2,1H3.